The Labute approximate surface area is 188 Å². The summed E-state index contributed by atoms with van der Waals surface area (Å²) in [6.07, 6.45) is 6.23. The number of amides is 2. The lowest BCUT2D eigenvalue weighted by atomic mass is 9.84. The maximum Gasteiger partial charge on any atom is 0.259 e. The molecule has 2 bridgehead atoms. The minimum Gasteiger partial charge on any atom is -0.353 e. The molecule has 0 radical (unpaired) electrons. The number of anilines is 1. The van der Waals surface area contributed by atoms with Crippen molar-refractivity contribution in [3.05, 3.63) is 59.7 Å². The third-order valence-corrected chi connectivity index (χ3v) is 8.51. The van der Waals surface area contributed by atoms with Gasteiger partial charge in [0.05, 0.1) is 11.3 Å². The van der Waals surface area contributed by atoms with E-state index >= 15 is 0 Å². The lowest BCUT2D eigenvalue weighted by Crippen LogP contribution is -2.40. The Bertz CT molecular complexity index is 991. The van der Waals surface area contributed by atoms with Gasteiger partial charge in [0.2, 0.25) is 5.91 Å². The standard InChI is InChI=1S/C26H30N2O2S/c1-17(22-15-18-10-11-20(22)14-18)27-25(29)16-31-24-9-5-3-7-21(24)26(30)28-13-12-19-6-2-4-8-23(19)28/h2-9,17-18,20,22H,10-16H2,1H3,(H,27,29)/t17-,18+,20+,22+/m1/s1. The highest BCUT2D eigenvalue weighted by Crippen LogP contribution is 2.49. The summed E-state index contributed by atoms with van der Waals surface area (Å²) in [6, 6.07) is 16.0. The molecular weight excluding hydrogens is 404 g/mol. The van der Waals surface area contributed by atoms with E-state index in [1.807, 2.05) is 47.4 Å². The fourth-order valence-corrected chi connectivity index (χ4v) is 6.77. The van der Waals surface area contributed by atoms with Gasteiger partial charge >= 0.3 is 0 Å². The quantitative estimate of drug-likeness (QED) is 0.657. The lowest BCUT2D eigenvalue weighted by molar-refractivity contribution is -0.119. The third kappa shape index (κ3) is 4.12. The molecule has 0 unspecified atom stereocenters. The molecule has 3 aliphatic rings. The van der Waals surface area contributed by atoms with Crippen LogP contribution in [0.5, 0.6) is 0 Å². The number of nitrogens with zero attached hydrogens (tertiary/aromatic N) is 1. The molecule has 0 spiro atoms. The molecule has 4 nitrogen and oxygen atoms in total. The smallest absolute Gasteiger partial charge is 0.259 e. The molecule has 1 aliphatic heterocycles. The van der Waals surface area contributed by atoms with Crippen molar-refractivity contribution in [2.75, 3.05) is 17.2 Å². The molecule has 5 heteroatoms. The predicted octanol–water partition coefficient (Wildman–Crippen LogP) is 4.92. The van der Waals surface area contributed by atoms with E-state index in [4.69, 9.17) is 0 Å². The zero-order chi connectivity index (χ0) is 21.4. The molecule has 5 rings (SSSR count). The van der Waals surface area contributed by atoms with Crippen LogP contribution in [0.1, 0.15) is 48.5 Å². The Hall–Kier alpha value is -2.27. The fraction of sp³-hybridized carbons (Fsp3) is 0.462. The number of nitrogens with one attached hydrogen (secondary N) is 1. The summed E-state index contributed by atoms with van der Waals surface area (Å²) >= 11 is 1.46. The summed E-state index contributed by atoms with van der Waals surface area (Å²) < 4.78 is 0. The summed E-state index contributed by atoms with van der Waals surface area (Å²) in [5.41, 5.74) is 2.90. The zero-order valence-electron chi connectivity index (χ0n) is 18.0. The van der Waals surface area contributed by atoms with E-state index in [0.29, 0.717) is 23.8 Å². The molecular formula is C26H30N2O2S. The highest BCUT2D eigenvalue weighted by atomic mass is 32.2. The zero-order valence-corrected chi connectivity index (χ0v) is 18.9. The molecule has 31 heavy (non-hydrogen) atoms. The van der Waals surface area contributed by atoms with Crippen molar-refractivity contribution in [1.82, 2.24) is 5.32 Å². The first-order valence-corrected chi connectivity index (χ1v) is 12.5. The third-order valence-electron chi connectivity index (χ3n) is 7.43. The Kier molecular flexibility index (Phi) is 5.79. The van der Waals surface area contributed by atoms with E-state index in [-0.39, 0.29) is 17.9 Å². The van der Waals surface area contributed by atoms with Gasteiger partial charge in [-0.3, -0.25) is 9.59 Å². The predicted molar refractivity (Wildman–Crippen MR) is 126 cm³/mol. The molecule has 2 fully saturated rings. The van der Waals surface area contributed by atoms with E-state index in [1.54, 1.807) is 0 Å². The Morgan fingerprint density at radius 1 is 1.10 bits per heavy atom. The monoisotopic (exact) mass is 434 g/mol. The van der Waals surface area contributed by atoms with Gasteiger partial charge in [-0.2, -0.15) is 0 Å². The van der Waals surface area contributed by atoms with Gasteiger partial charge in [-0.05, 0) is 74.1 Å². The average Bonchev–Trinajstić information content (AvgIpc) is 3.53. The number of carbonyl (C=O) groups excluding carboxylic acids is 2. The summed E-state index contributed by atoms with van der Waals surface area (Å²) in [4.78, 5) is 28.7. The van der Waals surface area contributed by atoms with E-state index in [1.165, 1.54) is 43.0 Å². The van der Waals surface area contributed by atoms with Gasteiger partial charge in [-0.25, -0.2) is 0 Å². The van der Waals surface area contributed by atoms with Crippen LogP contribution >= 0.6 is 11.8 Å². The highest BCUT2D eigenvalue weighted by molar-refractivity contribution is 8.00. The van der Waals surface area contributed by atoms with E-state index in [2.05, 4.69) is 18.3 Å². The van der Waals surface area contributed by atoms with Gasteiger partial charge in [0.25, 0.3) is 5.91 Å². The van der Waals surface area contributed by atoms with E-state index in [9.17, 15) is 9.59 Å². The van der Waals surface area contributed by atoms with Crippen LogP contribution in [-0.2, 0) is 11.2 Å². The number of hydrogen-bond donors (Lipinski definition) is 1. The van der Waals surface area contributed by atoms with Gasteiger partial charge in [-0.1, -0.05) is 36.8 Å². The summed E-state index contributed by atoms with van der Waals surface area (Å²) in [6.45, 7) is 2.87. The Morgan fingerprint density at radius 3 is 2.71 bits per heavy atom. The molecule has 1 N–H and O–H groups in total. The number of carbonyl (C=O) groups is 2. The van der Waals surface area contributed by atoms with Crippen LogP contribution in [0.4, 0.5) is 5.69 Å². The Morgan fingerprint density at radius 2 is 1.90 bits per heavy atom. The molecule has 4 atom stereocenters. The number of hydrogen-bond acceptors (Lipinski definition) is 3. The second-order valence-electron chi connectivity index (χ2n) is 9.32. The highest BCUT2D eigenvalue weighted by Gasteiger charge is 2.42. The summed E-state index contributed by atoms with van der Waals surface area (Å²) in [7, 11) is 0. The van der Waals surface area contributed by atoms with Gasteiger partial charge in [0, 0.05) is 23.2 Å². The molecule has 2 aromatic rings. The molecule has 2 amide bonds. The maximum absolute atomic E-state index is 13.3. The van der Waals surface area contributed by atoms with Crippen LogP contribution in [0, 0.1) is 17.8 Å². The van der Waals surface area contributed by atoms with Crippen LogP contribution in [-0.4, -0.2) is 30.2 Å². The Balaban J connectivity index is 1.22. The minimum atomic E-state index is 0.0174. The molecule has 2 aliphatic carbocycles. The van der Waals surface area contributed by atoms with Crippen LogP contribution in [0.25, 0.3) is 0 Å². The molecule has 0 saturated heterocycles. The lowest BCUT2D eigenvalue weighted by Gasteiger charge is -2.28. The van der Waals surface area contributed by atoms with Crippen molar-refractivity contribution in [3.8, 4) is 0 Å². The van der Waals surface area contributed by atoms with Crippen molar-refractivity contribution < 1.29 is 9.59 Å². The normalized spacial score (nSPS) is 24.8. The van der Waals surface area contributed by atoms with Crippen LogP contribution < -0.4 is 10.2 Å². The average molecular weight is 435 g/mol. The SMILES string of the molecule is C[C@@H](NC(=O)CSc1ccccc1C(=O)N1CCc2ccccc21)[C@@H]1C[C@H]2CC[C@H]1C2. The van der Waals surface area contributed by atoms with Crippen LogP contribution in [0.15, 0.2) is 53.4 Å². The summed E-state index contributed by atoms with van der Waals surface area (Å²) in [5.74, 6) is 2.74. The molecule has 2 saturated carbocycles. The van der Waals surface area contributed by atoms with Crippen LogP contribution in [0.3, 0.4) is 0 Å². The van der Waals surface area contributed by atoms with Crippen molar-refractivity contribution in [2.45, 2.75) is 50.0 Å². The van der Waals surface area contributed by atoms with Gasteiger partial charge < -0.3 is 10.2 Å². The minimum absolute atomic E-state index is 0.0174. The number of benzene rings is 2. The molecule has 2 aromatic carbocycles. The number of fused-ring (bicyclic) bond motifs is 3. The fourth-order valence-electron chi connectivity index (χ4n) is 5.92. The van der Waals surface area contributed by atoms with Crippen molar-refractivity contribution >= 4 is 29.3 Å². The number of thioether (sulfide) groups is 1. The van der Waals surface area contributed by atoms with Crippen molar-refractivity contribution in [1.29, 1.82) is 0 Å². The van der Waals surface area contributed by atoms with Crippen molar-refractivity contribution in [3.63, 3.8) is 0 Å². The van der Waals surface area contributed by atoms with Crippen LogP contribution in [0.2, 0.25) is 0 Å². The topological polar surface area (TPSA) is 49.4 Å². The summed E-state index contributed by atoms with van der Waals surface area (Å²) in [5, 5.41) is 3.24. The van der Waals surface area contributed by atoms with E-state index < -0.39 is 0 Å². The van der Waals surface area contributed by atoms with Gasteiger partial charge in [-0.15, -0.1) is 11.8 Å². The maximum atomic E-state index is 13.3. The van der Waals surface area contributed by atoms with E-state index in [0.717, 1.165) is 28.8 Å². The molecule has 162 valence electrons. The first-order valence-electron chi connectivity index (χ1n) is 11.5. The molecule has 0 aromatic heterocycles. The largest absolute Gasteiger partial charge is 0.353 e. The second-order valence-corrected chi connectivity index (χ2v) is 10.3. The second kappa shape index (κ2) is 8.70. The molecule has 1 heterocycles. The number of rotatable bonds is 6. The number of para-hydroxylation sites is 1. The first kappa shape index (κ1) is 20.6. The van der Waals surface area contributed by atoms with Gasteiger partial charge in [0.15, 0.2) is 0 Å². The van der Waals surface area contributed by atoms with Gasteiger partial charge in [0.1, 0.15) is 0 Å². The van der Waals surface area contributed by atoms with Crippen molar-refractivity contribution in [2.24, 2.45) is 17.8 Å². The first-order chi connectivity index (χ1) is 15.1.